The zero-order valence-corrected chi connectivity index (χ0v) is 11.0. The third kappa shape index (κ3) is 3.35. The molecule has 96 valence electrons. The Kier molecular flexibility index (Phi) is 4.79. The predicted molar refractivity (Wildman–Crippen MR) is 69.6 cm³/mol. The molecule has 0 saturated carbocycles. The van der Waals surface area contributed by atoms with Crippen molar-refractivity contribution >= 4 is 5.97 Å². The fraction of sp³-hybridized carbons (Fsp3) is 0.643. The lowest BCUT2D eigenvalue weighted by atomic mass is 9.91. The molecule has 3 nitrogen and oxygen atoms in total. The van der Waals surface area contributed by atoms with Gasteiger partial charge in [0.05, 0.1) is 0 Å². The lowest BCUT2D eigenvalue weighted by molar-refractivity contribution is -0.131. The summed E-state index contributed by atoms with van der Waals surface area (Å²) in [6.45, 7) is 11.1. The molecule has 1 N–H and O–H groups in total. The van der Waals surface area contributed by atoms with Crippen LogP contribution in [0, 0.1) is 11.8 Å². The Morgan fingerprint density at radius 2 is 2.18 bits per heavy atom. The molecule has 3 heteroatoms. The van der Waals surface area contributed by atoms with E-state index in [0.29, 0.717) is 6.04 Å². The number of hydrogen-bond acceptors (Lipinski definition) is 2. The van der Waals surface area contributed by atoms with Gasteiger partial charge in [0.25, 0.3) is 0 Å². The fourth-order valence-corrected chi connectivity index (χ4v) is 2.39. The molecule has 1 heterocycles. The third-order valence-electron chi connectivity index (χ3n) is 3.78. The van der Waals surface area contributed by atoms with Crippen LogP contribution in [0.15, 0.2) is 24.4 Å². The summed E-state index contributed by atoms with van der Waals surface area (Å²) >= 11 is 0. The molecule has 0 aromatic rings. The molecule has 0 radical (unpaired) electrons. The minimum absolute atomic E-state index is 0.198. The van der Waals surface area contributed by atoms with Gasteiger partial charge in [-0.1, -0.05) is 19.9 Å². The summed E-state index contributed by atoms with van der Waals surface area (Å²) in [5.74, 6) is -0.375. The molecule has 0 aromatic heterocycles. The Balaban J connectivity index is 2.95. The molecule has 0 spiro atoms. The average Bonchev–Trinajstić information content (AvgIpc) is 2.70. The largest absolute Gasteiger partial charge is 0.478 e. The second kappa shape index (κ2) is 5.89. The summed E-state index contributed by atoms with van der Waals surface area (Å²) in [5, 5.41) is 9.00. The first-order valence-electron chi connectivity index (χ1n) is 6.31. The van der Waals surface area contributed by atoms with E-state index in [9.17, 15) is 4.79 Å². The number of likely N-dealkylation sites (tertiary alicyclic amines) is 1. The zero-order chi connectivity index (χ0) is 13.0. The highest BCUT2D eigenvalue weighted by molar-refractivity contribution is 5.80. The van der Waals surface area contributed by atoms with Gasteiger partial charge in [-0.25, -0.2) is 4.79 Å². The number of carboxylic acid groups (broad SMARTS) is 1. The summed E-state index contributed by atoms with van der Waals surface area (Å²) in [5.41, 5.74) is 0.940. The summed E-state index contributed by atoms with van der Waals surface area (Å²) in [6.07, 6.45) is 5.55. The Bertz CT molecular complexity index is 322. The van der Waals surface area contributed by atoms with Gasteiger partial charge >= 0.3 is 5.97 Å². The molecule has 17 heavy (non-hydrogen) atoms. The molecule has 0 aromatic carbocycles. The van der Waals surface area contributed by atoms with Crippen LogP contribution in [0.25, 0.3) is 0 Å². The van der Waals surface area contributed by atoms with Gasteiger partial charge in [-0.05, 0) is 25.7 Å². The van der Waals surface area contributed by atoms with E-state index >= 15 is 0 Å². The van der Waals surface area contributed by atoms with Gasteiger partial charge in [0.2, 0.25) is 0 Å². The predicted octanol–water partition coefficient (Wildman–Crippen LogP) is 2.90. The smallest absolute Gasteiger partial charge is 0.330 e. The average molecular weight is 237 g/mol. The maximum atomic E-state index is 11.0. The van der Waals surface area contributed by atoms with E-state index in [0.717, 1.165) is 25.1 Å². The maximum absolute atomic E-state index is 11.0. The third-order valence-corrected chi connectivity index (χ3v) is 3.78. The Labute approximate surface area is 104 Å². The van der Waals surface area contributed by atoms with Crippen LogP contribution in [0.5, 0.6) is 0 Å². The van der Waals surface area contributed by atoms with E-state index in [1.54, 1.807) is 0 Å². The Morgan fingerprint density at radius 1 is 1.53 bits per heavy atom. The summed E-state index contributed by atoms with van der Waals surface area (Å²) in [7, 11) is 0. The Morgan fingerprint density at radius 3 is 2.59 bits per heavy atom. The van der Waals surface area contributed by atoms with E-state index < -0.39 is 5.97 Å². The molecule has 3 atom stereocenters. The van der Waals surface area contributed by atoms with Gasteiger partial charge in [-0.3, -0.25) is 0 Å². The van der Waals surface area contributed by atoms with Gasteiger partial charge in [-0.2, -0.15) is 0 Å². The van der Waals surface area contributed by atoms with E-state index in [1.807, 2.05) is 6.08 Å². The van der Waals surface area contributed by atoms with E-state index in [4.69, 9.17) is 5.11 Å². The maximum Gasteiger partial charge on any atom is 0.330 e. The van der Waals surface area contributed by atoms with Crippen molar-refractivity contribution in [3.63, 3.8) is 0 Å². The molecule has 1 rings (SSSR count). The first-order valence-corrected chi connectivity index (χ1v) is 6.31. The van der Waals surface area contributed by atoms with Gasteiger partial charge in [0, 0.05) is 30.3 Å². The number of carboxylic acids is 1. The standard InChI is InChI=1S/C14H23NO2/c1-5-10(2)12(4)13(9-14(16)17)15-8-6-7-11(15)3/h5,9-12H,1,6-8H2,2-4H3,(H,16,17)/b13-9-/t10-,11+,12-/m0/s1. The summed E-state index contributed by atoms with van der Waals surface area (Å²) in [6, 6.07) is 0.445. The molecule has 0 aliphatic carbocycles. The molecular formula is C14H23NO2. The number of hydrogen-bond donors (Lipinski definition) is 1. The van der Waals surface area contributed by atoms with Gasteiger partial charge in [0.15, 0.2) is 0 Å². The molecule has 1 fully saturated rings. The molecule has 1 saturated heterocycles. The van der Waals surface area contributed by atoms with Crippen LogP contribution in [-0.2, 0) is 4.79 Å². The van der Waals surface area contributed by atoms with Crippen LogP contribution in [0.4, 0.5) is 0 Å². The van der Waals surface area contributed by atoms with Crippen LogP contribution in [0.1, 0.15) is 33.6 Å². The second-order valence-electron chi connectivity index (χ2n) is 4.98. The van der Waals surface area contributed by atoms with Crippen molar-refractivity contribution < 1.29 is 9.90 Å². The number of rotatable bonds is 5. The zero-order valence-electron chi connectivity index (χ0n) is 11.0. The van der Waals surface area contributed by atoms with Gasteiger partial charge in [-0.15, -0.1) is 6.58 Å². The number of carbonyl (C=O) groups is 1. The minimum Gasteiger partial charge on any atom is -0.478 e. The fourth-order valence-electron chi connectivity index (χ4n) is 2.39. The topological polar surface area (TPSA) is 40.5 Å². The quantitative estimate of drug-likeness (QED) is 0.590. The highest BCUT2D eigenvalue weighted by Gasteiger charge is 2.27. The van der Waals surface area contributed by atoms with Crippen molar-refractivity contribution in [1.29, 1.82) is 0 Å². The highest BCUT2D eigenvalue weighted by atomic mass is 16.4. The minimum atomic E-state index is -0.859. The van der Waals surface area contributed by atoms with Crippen LogP contribution in [0.3, 0.4) is 0 Å². The van der Waals surface area contributed by atoms with Crippen molar-refractivity contribution in [3.8, 4) is 0 Å². The molecule has 1 aliphatic heterocycles. The molecule has 0 amide bonds. The van der Waals surface area contributed by atoms with Gasteiger partial charge < -0.3 is 10.0 Å². The number of nitrogens with zero attached hydrogens (tertiary/aromatic N) is 1. The van der Waals surface area contributed by atoms with E-state index in [-0.39, 0.29) is 11.8 Å². The number of allylic oxidation sites excluding steroid dienone is 2. The van der Waals surface area contributed by atoms with Gasteiger partial charge in [0.1, 0.15) is 0 Å². The Hall–Kier alpha value is -1.25. The number of aliphatic carboxylic acids is 1. The lowest BCUT2D eigenvalue weighted by Gasteiger charge is -2.32. The lowest BCUT2D eigenvalue weighted by Crippen LogP contribution is -2.31. The molecule has 1 aliphatic rings. The van der Waals surface area contributed by atoms with Crippen molar-refractivity contribution in [2.75, 3.05) is 6.54 Å². The first-order chi connectivity index (χ1) is 7.97. The second-order valence-corrected chi connectivity index (χ2v) is 4.98. The molecular weight excluding hydrogens is 214 g/mol. The molecule has 0 unspecified atom stereocenters. The normalized spacial score (nSPS) is 24.5. The molecule has 0 bridgehead atoms. The SMILES string of the molecule is C=C[C@H](C)[C@H](C)/C(=C/C(=O)O)N1CCC[C@H]1C. The van der Waals surface area contributed by atoms with Crippen LogP contribution in [0.2, 0.25) is 0 Å². The van der Waals surface area contributed by atoms with Crippen molar-refractivity contribution in [1.82, 2.24) is 4.90 Å². The van der Waals surface area contributed by atoms with Crippen molar-refractivity contribution in [3.05, 3.63) is 24.4 Å². The van der Waals surface area contributed by atoms with Crippen LogP contribution < -0.4 is 0 Å². The van der Waals surface area contributed by atoms with Crippen LogP contribution in [-0.4, -0.2) is 28.6 Å². The van der Waals surface area contributed by atoms with E-state index in [2.05, 4.69) is 32.3 Å². The van der Waals surface area contributed by atoms with E-state index in [1.165, 1.54) is 6.08 Å². The highest BCUT2D eigenvalue weighted by Crippen LogP contribution is 2.30. The first kappa shape index (κ1) is 13.8. The van der Waals surface area contributed by atoms with Crippen LogP contribution >= 0.6 is 0 Å². The summed E-state index contributed by atoms with van der Waals surface area (Å²) < 4.78 is 0. The van der Waals surface area contributed by atoms with Crippen molar-refractivity contribution in [2.24, 2.45) is 11.8 Å². The summed E-state index contributed by atoms with van der Waals surface area (Å²) in [4.78, 5) is 13.2. The monoisotopic (exact) mass is 237 g/mol. The van der Waals surface area contributed by atoms with Crippen molar-refractivity contribution in [2.45, 2.75) is 39.7 Å².